The average molecular weight is 497 g/mol. The Morgan fingerprint density at radius 2 is 1.75 bits per heavy atom. The Kier molecular flexibility index (Phi) is 6.13. The van der Waals surface area contributed by atoms with Crippen molar-refractivity contribution in [1.82, 2.24) is 13.8 Å². The summed E-state index contributed by atoms with van der Waals surface area (Å²) in [6.07, 6.45) is 1.70. The van der Waals surface area contributed by atoms with Gasteiger partial charge in [-0.15, -0.1) is 0 Å². The van der Waals surface area contributed by atoms with E-state index < -0.39 is 14.9 Å². The van der Waals surface area contributed by atoms with Crippen molar-refractivity contribution in [3.05, 3.63) is 68.8 Å². The predicted molar refractivity (Wildman–Crippen MR) is 120 cm³/mol. The second kappa shape index (κ2) is 8.70. The molecule has 2 heterocycles. The van der Waals surface area contributed by atoms with Gasteiger partial charge in [0, 0.05) is 60.4 Å². The molecule has 0 aliphatic carbocycles. The molecule has 0 saturated carbocycles. The van der Waals surface area contributed by atoms with Gasteiger partial charge >= 0.3 is 0 Å². The highest BCUT2D eigenvalue weighted by Crippen LogP contribution is 2.28. The number of hydrogen-bond donors (Lipinski definition) is 0. The van der Waals surface area contributed by atoms with E-state index in [2.05, 4.69) is 0 Å². The van der Waals surface area contributed by atoms with Crippen LogP contribution in [0.25, 0.3) is 10.9 Å². The monoisotopic (exact) mass is 496 g/mol. The number of benzene rings is 2. The Labute approximate surface area is 193 Å². The summed E-state index contributed by atoms with van der Waals surface area (Å²) in [5.74, 6) is -0.168. The zero-order valence-corrected chi connectivity index (χ0v) is 19.0. The van der Waals surface area contributed by atoms with E-state index >= 15 is 0 Å². The number of rotatable bonds is 5. The number of nitro benzene ring substituents is 1. The van der Waals surface area contributed by atoms with Gasteiger partial charge in [0.15, 0.2) is 0 Å². The highest BCUT2D eigenvalue weighted by molar-refractivity contribution is 7.89. The molecule has 0 unspecified atom stereocenters. The Morgan fingerprint density at radius 1 is 1.03 bits per heavy atom. The normalized spacial score (nSPS) is 15.2. The summed E-state index contributed by atoms with van der Waals surface area (Å²) in [7, 11) is -3.84. The maximum atomic E-state index is 12.9. The summed E-state index contributed by atoms with van der Waals surface area (Å²) in [5, 5.41) is 12.0. The number of nitro groups is 1. The van der Waals surface area contributed by atoms with Crippen molar-refractivity contribution in [2.24, 2.45) is 0 Å². The molecule has 4 rings (SSSR count). The molecule has 32 heavy (non-hydrogen) atoms. The molecule has 0 spiro atoms. The van der Waals surface area contributed by atoms with Crippen molar-refractivity contribution >= 4 is 55.7 Å². The maximum absolute atomic E-state index is 12.9. The minimum atomic E-state index is -3.84. The van der Waals surface area contributed by atoms with E-state index in [9.17, 15) is 23.3 Å². The first-order valence-electron chi connectivity index (χ1n) is 9.63. The number of amides is 1. The summed E-state index contributed by atoms with van der Waals surface area (Å²) in [6, 6.07) is 10.5. The molecule has 0 radical (unpaired) electrons. The zero-order valence-electron chi connectivity index (χ0n) is 16.6. The Morgan fingerprint density at radius 3 is 2.44 bits per heavy atom. The molecule has 0 N–H and O–H groups in total. The van der Waals surface area contributed by atoms with Gasteiger partial charge in [-0.1, -0.05) is 23.2 Å². The van der Waals surface area contributed by atoms with E-state index in [1.54, 1.807) is 27.8 Å². The van der Waals surface area contributed by atoms with Gasteiger partial charge in [0.1, 0.15) is 11.4 Å². The molecule has 1 aliphatic rings. The van der Waals surface area contributed by atoms with E-state index in [1.165, 1.54) is 34.6 Å². The van der Waals surface area contributed by atoms with E-state index in [1.807, 2.05) is 0 Å². The second-order valence-electron chi connectivity index (χ2n) is 7.30. The predicted octanol–water partition coefficient (Wildman–Crippen LogP) is 3.39. The first-order chi connectivity index (χ1) is 15.2. The van der Waals surface area contributed by atoms with E-state index in [0.717, 1.165) is 0 Å². The minimum Gasteiger partial charge on any atom is -0.339 e. The number of non-ortho nitro benzene ring substituents is 1. The average Bonchev–Trinajstić information content (AvgIpc) is 3.17. The largest absolute Gasteiger partial charge is 0.339 e. The van der Waals surface area contributed by atoms with Crippen molar-refractivity contribution in [2.75, 3.05) is 26.2 Å². The molecule has 1 aliphatic heterocycles. The smallest absolute Gasteiger partial charge is 0.270 e. The standard InChI is InChI=1S/C20H18Cl2N4O5S/c21-15-1-3-17(22)19(12-15)32(30,31)25-9-7-23(8-10-25)20(27)13-24-6-5-14-11-16(26(28)29)2-4-18(14)24/h1-6,11-12H,7-10,13H2. The van der Waals surface area contributed by atoms with Crippen LogP contribution >= 0.6 is 23.2 Å². The first-order valence-corrected chi connectivity index (χ1v) is 11.8. The lowest BCUT2D eigenvalue weighted by molar-refractivity contribution is -0.384. The van der Waals surface area contributed by atoms with Gasteiger partial charge in [0.05, 0.1) is 9.95 Å². The number of carbonyl (C=O) groups is 1. The summed E-state index contributed by atoms with van der Waals surface area (Å²) >= 11 is 12.0. The van der Waals surface area contributed by atoms with Gasteiger partial charge in [-0.3, -0.25) is 14.9 Å². The molecule has 168 valence electrons. The highest BCUT2D eigenvalue weighted by Gasteiger charge is 2.31. The van der Waals surface area contributed by atoms with E-state index in [0.29, 0.717) is 10.9 Å². The third-order valence-electron chi connectivity index (χ3n) is 5.37. The van der Waals surface area contributed by atoms with Crippen molar-refractivity contribution < 1.29 is 18.1 Å². The number of sulfonamides is 1. The van der Waals surface area contributed by atoms with Crippen LogP contribution < -0.4 is 0 Å². The van der Waals surface area contributed by atoms with Gasteiger partial charge in [-0.05, 0) is 30.3 Å². The van der Waals surface area contributed by atoms with Crippen LogP contribution in [0.4, 0.5) is 5.69 Å². The molecule has 1 saturated heterocycles. The van der Waals surface area contributed by atoms with Crippen LogP contribution in [0.15, 0.2) is 53.6 Å². The van der Waals surface area contributed by atoms with Crippen LogP contribution in [0.1, 0.15) is 0 Å². The van der Waals surface area contributed by atoms with Crippen LogP contribution in [-0.2, 0) is 21.4 Å². The van der Waals surface area contributed by atoms with Crippen LogP contribution in [-0.4, -0.2) is 59.2 Å². The SMILES string of the molecule is O=C(Cn1ccc2cc([N+](=O)[O-])ccc21)N1CCN(S(=O)(=O)c2cc(Cl)ccc2Cl)CC1. The molecule has 1 aromatic heterocycles. The lowest BCUT2D eigenvalue weighted by Gasteiger charge is -2.34. The summed E-state index contributed by atoms with van der Waals surface area (Å²) in [4.78, 5) is 24.8. The lowest BCUT2D eigenvalue weighted by Crippen LogP contribution is -2.51. The van der Waals surface area contributed by atoms with Crippen molar-refractivity contribution in [3.8, 4) is 0 Å². The van der Waals surface area contributed by atoms with Gasteiger partial charge in [0.25, 0.3) is 5.69 Å². The molecule has 1 amide bonds. The number of nitrogens with zero attached hydrogens (tertiary/aromatic N) is 4. The lowest BCUT2D eigenvalue weighted by atomic mass is 10.2. The summed E-state index contributed by atoms with van der Waals surface area (Å²) < 4.78 is 28.9. The van der Waals surface area contributed by atoms with Gasteiger partial charge in [-0.25, -0.2) is 8.42 Å². The quantitative estimate of drug-likeness (QED) is 0.397. The molecule has 3 aromatic rings. The fourth-order valence-electron chi connectivity index (χ4n) is 3.68. The molecular formula is C20H18Cl2N4O5S. The Bertz CT molecular complexity index is 1320. The van der Waals surface area contributed by atoms with Crippen molar-refractivity contribution in [2.45, 2.75) is 11.4 Å². The van der Waals surface area contributed by atoms with Crippen LogP contribution in [0.3, 0.4) is 0 Å². The number of carbonyl (C=O) groups excluding carboxylic acids is 1. The van der Waals surface area contributed by atoms with Crippen molar-refractivity contribution in [3.63, 3.8) is 0 Å². The second-order valence-corrected chi connectivity index (χ2v) is 10.1. The first kappa shape index (κ1) is 22.5. The number of aromatic nitrogens is 1. The molecule has 2 aromatic carbocycles. The summed E-state index contributed by atoms with van der Waals surface area (Å²) in [5.41, 5.74) is 0.694. The molecule has 1 fully saturated rings. The maximum Gasteiger partial charge on any atom is 0.270 e. The minimum absolute atomic E-state index is 0.0151. The number of hydrogen-bond acceptors (Lipinski definition) is 5. The third-order valence-corrected chi connectivity index (χ3v) is 7.99. The molecule has 9 nitrogen and oxygen atoms in total. The van der Waals surface area contributed by atoms with Crippen LogP contribution in [0.2, 0.25) is 10.0 Å². The number of piperazine rings is 1. The fraction of sp³-hybridized carbons (Fsp3) is 0.250. The molecular weight excluding hydrogens is 479 g/mol. The molecule has 0 atom stereocenters. The molecule has 12 heteroatoms. The zero-order chi connectivity index (χ0) is 23.0. The van der Waals surface area contributed by atoms with Crippen molar-refractivity contribution in [1.29, 1.82) is 0 Å². The van der Waals surface area contributed by atoms with E-state index in [-0.39, 0.29) is 59.3 Å². The van der Waals surface area contributed by atoms with E-state index in [4.69, 9.17) is 23.2 Å². The van der Waals surface area contributed by atoms with Crippen LogP contribution in [0.5, 0.6) is 0 Å². The Hall–Kier alpha value is -2.66. The fourth-order valence-corrected chi connectivity index (χ4v) is 5.84. The Balaban J connectivity index is 1.43. The van der Waals surface area contributed by atoms with Gasteiger partial charge in [-0.2, -0.15) is 4.31 Å². The van der Waals surface area contributed by atoms with Crippen LogP contribution in [0, 0.1) is 10.1 Å². The third kappa shape index (κ3) is 4.31. The topological polar surface area (TPSA) is 106 Å². The van der Waals surface area contributed by atoms with Gasteiger partial charge in [0.2, 0.25) is 15.9 Å². The highest BCUT2D eigenvalue weighted by atomic mass is 35.5. The van der Waals surface area contributed by atoms with Gasteiger partial charge < -0.3 is 9.47 Å². The summed E-state index contributed by atoms with van der Waals surface area (Å²) in [6.45, 7) is 0.793. The number of halogens is 2. The molecule has 0 bridgehead atoms. The number of fused-ring (bicyclic) bond motifs is 1.